The summed E-state index contributed by atoms with van der Waals surface area (Å²) in [5.74, 6) is 1.40. The molecule has 1 atom stereocenters. The van der Waals surface area contributed by atoms with Crippen molar-refractivity contribution in [3.8, 4) is 11.5 Å². The normalized spacial score (nSPS) is 16.4. The smallest absolute Gasteiger partial charge is 0.286 e. The van der Waals surface area contributed by atoms with Gasteiger partial charge in [0, 0.05) is 23.5 Å². The fraction of sp³-hybridized carbons (Fsp3) is 0.238. The minimum Gasteiger partial charge on any atom is -0.497 e. The maximum atomic E-state index is 11.7. The minimum absolute atomic E-state index is 0.217. The van der Waals surface area contributed by atoms with Gasteiger partial charge in [-0.25, -0.2) is 0 Å². The number of hydrogen-bond acceptors (Lipinski definition) is 5. The number of rotatable bonds is 7. The number of ether oxygens (including phenoxy) is 2. The highest BCUT2D eigenvalue weighted by molar-refractivity contribution is 8.15. The van der Waals surface area contributed by atoms with E-state index in [9.17, 15) is 9.59 Å². The van der Waals surface area contributed by atoms with Gasteiger partial charge in [0.05, 0.1) is 19.0 Å². The molecule has 1 unspecified atom stereocenters. The van der Waals surface area contributed by atoms with E-state index in [0.29, 0.717) is 13.0 Å². The molecule has 4 rings (SSSR count). The molecule has 3 aromatic rings. The summed E-state index contributed by atoms with van der Waals surface area (Å²) in [6.45, 7) is 0.554. The third-order valence-electron chi connectivity index (χ3n) is 4.73. The lowest BCUT2D eigenvalue weighted by Gasteiger charge is -2.09. The molecule has 2 aromatic carbocycles. The Balaban J connectivity index is 1.33. The zero-order chi connectivity index (χ0) is 19.5. The van der Waals surface area contributed by atoms with Crippen LogP contribution in [-0.2, 0) is 17.6 Å². The maximum absolute atomic E-state index is 11.7. The molecule has 1 fully saturated rings. The van der Waals surface area contributed by atoms with Crippen LogP contribution in [0.25, 0.3) is 10.9 Å². The number of benzene rings is 2. The first kappa shape index (κ1) is 18.4. The van der Waals surface area contributed by atoms with Crippen LogP contribution in [0.15, 0.2) is 48.7 Å². The summed E-state index contributed by atoms with van der Waals surface area (Å²) in [5, 5.41) is 2.83. The van der Waals surface area contributed by atoms with Gasteiger partial charge in [0.2, 0.25) is 5.91 Å². The quantitative estimate of drug-likeness (QED) is 0.637. The van der Waals surface area contributed by atoms with E-state index < -0.39 is 0 Å². The van der Waals surface area contributed by atoms with E-state index in [-0.39, 0.29) is 16.4 Å². The largest absolute Gasteiger partial charge is 0.497 e. The summed E-state index contributed by atoms with van der Waals surface area (Å²) in [7, 11) is 1.66. The predicted octanol–water partition coefficient (Wildman–Crippen LogP) is 3.69. The summed E-state index contributed by atoms with van der Waals surface area (Å²) in [6.07, 6.45) is 3.30. The number of aromatic nitrogens is 1. The average molecular weight is 396 g/mol. The predicted molar refractivity (Wildman–Crippen MR) is 109 cm³/mol. The van der Waals surface area contributed by atoms with Crippen molar-refractivity contribution in [2.24, 2.45) is 0 Å². The molecule has 1 aliphatic rings. The summed E-state index contributed by atoms with van der Waals surface area (Å²) >= 11 is 1.05. The van der Waals surface area contributed by atoms with Gasteiger partial charge in [-0.1, -0.05) is 23.9 Å². The highest BCUT2D eigenvalue weighted by Gasteiger charge is 2.31. The van der Waals surface area contributed by atoms with Crippen molar-refractivity contribution in [1.82, 2.24) is 10.3 Å². The Morgan fingerprint density at radius 1 is 1.07 bits per heavy atom. The Labute approximate surface area is 166 Å². The van der Waals surface area contributed by atoms with Crippen molar-refractivity contribution in [3.63, 3.8) is 0 Å². The van der Waals surface area contributed by atoms with Crippen LogP contribution in [0.3, 0.4) is 0 Å². The van der Waals surface area contributed by atoms with Gasteiger partial charge in [-0.2, -0.15) is 0 Å². The van der Waals surface area contributed by atoms with Crippen LogP contribution in [0.5, 0.6) is 11.5 Å². The van der Waals surface area contributed by atoms with Gasteiger partial charge in [-0.05, 0) is 47.9 Å². The van der Waals surface area contributed by atoms with Gasteiger partial charge >= 0.3 is 0 Å². The summed E-state index contributed by atoms with van der Waals surface area (Å²) in [6, 6.07) is 13.6. The van der Waals surface area contributed by atoms with Crippen molar-refractivity contribution in [1.29, 1.82) is 0 Å². The number of nitrogens with one attached hydrogen (secondary N) is 2. The summed E-state index contributed by atoms with van der Waals surface area (Å²) < 4.78 is 11.2. The topological polar surface area (TPSA) is 80.4 Å². The molecule has 0 aliphatic carbocycles. The van der Waals surface area contributed by atoms with Crippen molar-refractivity contribution < 1.29 is 19.1 Å². The van der Waals surface area contributed by atoms with E-state index in [1.165, 1.54) is 5.56 Å². The number of amides is 2. The summed E-state index contributed by atoms with van der Waals surface area (Å²) in [5.41, 5.74) is 3.25. The third-order valence-corrected chi connectivity index (χ3v) is 5.71. The zero-order valence-electron chi connectivity index (χ0n) is 15.4. The highest BCUT2D eigenvalue weighted by Crippen LogP contribution is 2.25. The average Bonchev–Trinajstić information content (AvgIpc) is 3.25. The first-order valence-electron chi connectivity index (χ1n) is 8.99. The third kappa shape index (κ3) is 3.99. The van der Waals surface area contributed by atoms with Gasteiger partial charge in [-0.3, -0.25) is 14.9 Å². The van der Waals surface area contributed by atoms with Crippen LogP contribution in [0.2, 0.25) is 0 Å². The van der Waals surface area contributed by atoms with E-state index >= 15 is 0 Å². The van der Waals surface area contributed by atoms with Gasteiger partial charge in [0.1, 0.15) is 11.5 Å². The van der Waals surface area contributed by atoms with Crippen LogP contribution in [-0.4, -0.2) is 35.1 Å². The van der Waals surface area contributed by atoms with Crippen LogP contribution in [0, 0.1) is 0 Å². The number of carbonyl (C=O) groups excluding carboxylic acids is 2. The molecule has 0 radical (unpaired) electrons. The summed E-state index contributed by atoms with van der Waals surface area (Å²) in [4.78, 5) is 26.2. The zero-order valence-corrected chi connectivity index (χ0v) is 16.2. The molecule has 2 amide bonds. The van der Waals surface area contributed by atoms with Crippen molar-refractivity contribution >= 4 is 33.8 Å². The number of methoxy groups -OCH3 is 1. The molecule has 0 bridgehead atoms. The molecule has 1 aliphatic heterocycles. The molecule has 0 saturated carbocycles. The minimum atomic E-state index is -0.349. The van der Waals surface area contributed by atoms with Gasteiger partial charge in [0.25, 0.3) is 5.24 Å². The standard InChI is InChI=1S/C21H20N2O4S/c1-26-16-6-7-18-17(11-16)14(12-22-18)8-9-27-15-4-2-13(3-5-15)10-19-20(24)23-21(25)28-19/h2-7,11-12,19,22H,8-10H2,1H3,(H,23,24,25). The highest BCUT2D eigenvalue weighted by atomic mass is 32.2. The van der Waals surface area contributed by atoms with Crippen molar-refractivity contribution in [2.75, 3.05) is 13.7 Å². The number of hydrogen-bond donors (Lipinski definition) is 2. The second-order valence-corrected chi connectivity index (χ2v) is 7.73. The van der Waals surface area contributed by atoms with Crippen molar-refractivity contribution in [3.05, 3.63) is 59.8 Å². The number of H-pyrrole nitrogens is 1. The maximum Gasteiger partial charge on any atom is 0.286 e. The monoisotopic (exact) mass is 396 g/mol. The number of carbonyl (C=O) groups is 2. The Hall–Kier alpha value is -2.93. The van der Waals surface area contributed by atoms with E-state index in [1.54, 1.807) is 7.11 Å². The van der Waals surface area contributed by atoms with Gasteiger partial charge in [-0.15, -0.1) is 0 Å². The molecule has 6 nitrogen and oxygen atoms in total. The van der Waals surface area contributed by atoms with Crippen LogP contribution < -0.4 is 14.8 Å². The fourth-order valence-electron chi connectivity index (χ4n) is 3.23. The SMILES string of the molecule is COc1ccc2[nH]cc(CCOc3ccc(CC4SC(=O)NC4=O)cc3)c2c1. The van der Waals surface area contributed by atoms with E-state index in [0.717, 1.165) is 46.1 Å². The first-order chi connectivity index (χ1) is 13.6. The second-order valence-electron chi connectivity index (χ2n) is 6.56. The fourth-order valence-corrected chi connectivity index (χ4v) is 4.09. The lowest BCUT2D eigenvalue weighted by molar-refractivity contribution is -0.118. The van der Waals surface area contributed by atoms with Gasteiger partial charge < -0.3 is 14.5 Å². The van der Waals surface area contributed by atoms with Crippen molar-refractivity contribution in [2.45, 2.75) is 18.1 Å². The molecule has 2 heterocycles. The number of aromatic amines is 1. The molecular formula is C21H20N2O4S. The molecule has 144 valence electrons. The number of fused-ring (bicyclic) bond motifs is 1. The van der Waals surface area contributed by atoms with Crippen LogP contribution in [0.4, 0.5) is 4.79 Å². The first-order valence-corrected chi connectivity index (χ1v) is 9.87. The molecular weight excluding hydrogens is 376 g/mol. The molecule has 1 aromatic heterocycles. The lowest BCUT2D eigenvalue weighted by Crippen LogP contribution is -2.25. The molecule has 7 heteroatoms. The van der Waals surface area contributed by atoms with Crippen LogP contribution in [0.1, 0.15) is 11.1 Å². The Kier molecular flexibility index (Phi) is 5.25. The Morgan fingerprint density at radius 3 is 2.57 bits per heavy atom. The molecule has 2 N–H and O–H groups in total. The molecule has 28 heavy (non-hydrogen) atoms. The number of imide groups is 1. The lowest BCUT2D eigenvalue weighted by atomic mass is 10.1. The second kappa shape index (κ2) is 7.98. The van der Waals surface area contributed by atoms with E-state index in [1.807, 2.05) is 48.7 Å². The van der Waals surface area contributed by atoms with Crippen LogP contribution >= 0.6 is 11.8 Å². The van der Waals surface area contributed by atoms with Gasteiger partial charge in [0.15, 0.2) is 0 Å². The Bertz CT molecular complexity index is 1010. The van der Waals surface area contributed by atoms with E-state index in [2.05, 4.69) is 10.3 Å². The number of thioether (sulfide) groups is 1. The van der Waals surface area contributed by atoms with E-state index in [4.69, 9.17) is 9.47 Å². The Morgan fingerprint density at radius 2 is 1.86 bits per heavy atom. The molecule has 0 spiro atoms. The molecule has 1 saturated heterocycles.